The number of cyclic esters (lactones) is 6. The zero-order valence-electron chi connectivity index (χ0n) is 33.0. The molecule has 16 nitrogen and oxygen atoms in total. The lowest BCUT2D eigenvalue weighted by atomic mass is 9.96. The Hall–Kier alpha value is -3.92. The van der Waals surface area contributed by atoms with Gasteiger partial charge in [0.05, 0.1) is 0 Å². The van der Waals surface area contributed by atoms with E-state index in [9.17, 15) is 47.9 Å². The van der Waals surface area contributed by atoms with E-state index >= 15 is 0 Å². The van der Waals surface area contributed by atoms with Crippen LogP contribution in [-0.2, 0) is 76.4 Å². The van der Waals surface area contributed by atoms with Gasteiger partial charge in [0.15, 0.2) is 11.6 Å². The van der Waals surface area contributed by atoms with Gasteiger partial charge in [-0.25, -0.2) is 0 Å². The first-order valence-corrected chi connectivity index (χ1v) is 19.5. The van der Waals surface area contributed by atoms with Crippen LogP contribution in [0.3, 0.4) is 0 Å². The molecule has 56 heavy (non-hydrogen) atoms. The minimum atomic E-state index is -1.52. The Labute approximate surface area is 336 Å². The molecule has 3 aliphatic rings. The Balaban J connectivity index is 0.000000533. The molecule has 0 N–H and O–H groups in total. The topological polar surface area (TPSA) is 226 Å². The Morgan fingerprint density at radius 3 is 0.911 bits per heavy atom. The van der Waals surface area contributed by atoms with Crippen molar-refractivity contribution in [1.82, 2.24) is 0 Å². The summed E-state index contributed by atoms with van der Waals surface area (Å²) in [6.45, 7) is 8.72. The third kappa shape index (κ3) is 20.8. The van der Waals surface area contributed by atoms with Gasteiger partial charge in [0.25, 0.3) is 17.4 Å². The van der Waals surface area contributed by atoms with Crippen LogP contribution in [0.4, 0.5) is 0 Å². The molecule has 0 amide bonds. The minimum absolute atomic E-state index is 0.0655. The van der Waals surface area contributed by atoms with E-state index in [0.29, 0.717) is 38.5 Å². The summed E-state index contributed by atoms with van der Waals surface area (Å²) in [4.78, 5) is 114. The second-order valence-electron chi connectivity index (χ2n) is 14.8. The molecule has 3 saturated heterocycles. The van der Waals surface area contributed by atoms with Crippen LogP contribution < -0.4 is 0 Å². The summed E-state index contributed by atoms with van der Waals surface area (Å²) in [6, 6.07) is 0. The van der Waals surface area contributed by atoms with Crippen molar-refractivity contribution in [2.24, 2.45) is 11.8 Å². The highest BCUT2D eigenvalue weighted by Crippen LogP contribution is 2.26. The molecule has 3 heterocycles. The number of ketones is 2. The fourth-order valence-electron chi connectivity index (χ4n) is 5.55. The van der Waals surface area contributed by atoms with Crippen LogP contribution in [0, 0.1) is 11.8 Å². The summed E-state index contributed by atoms with van der Waals surface area (Å²) < 4.78 is 29.1. The summed E-state index contributed by atoms with van der Waals surface area (Å²) in [5.74, 6) is -12.4. The molecule has 0 radical (unpaired) electrons. The Morgan fingerprint density at radius 1 is 0.429 bits per heavy atom. The van der Waals surface area contributed by atoms with E-state index in [1.165, 1.54) is 41.5 Å². The largest absolute Gasteiger partial charge is 0.423 e. The number of halogens is 2. The van der Waals surface area contributed by atoms with Gasteiger partial charge >= 0.3 is 35.8 Å². The molecule has 18 heteroatoms. The molecule has 0 aromatic rings. The lowest BCUT2D eigenvalue weighted by Gasteiger charge is -2.32. The third-order valence-corrected chi connectivity index (χ3v) is 8.45. The molecule has 0 spiro atoms. The van der Waals surface area contributed by atoms with Crippen LogP contribution >= 0.6 is 23.2 Å². The third-order valence-electron chi connectivity index (χ3n) is 8.07. The summed E-state index contributed by atoms with van der Waals surface area (Å²) in [7, 11) is 0. The van der Waals surface area contributed by atoms with Gasteiger partial charge in [-0.1, -0.05) is 51.4 Å². The number of unbranched alkanes of at least 4 members (excludes halogenated alkanes) is 10. The number of hydrogen-bond donors (Lipinski definition) is 0. The van der Waals surface area contributed by atoms with E-state index in [0.717, 1.165) is 51.4 Å². The number of carbonyl (C=O) groups is 10. The first-order valence-electron chi connectivity index (χ1n) is 18.7. The van der Waals surface area contributed by atoms with Gasteiger partial charge in [0.2, 0.25) is 22.3 Å². The average molecular weight is 838 g/mol. The maximum Gasteiger partial charge on any atom is 0.331 e. The molecule has 3 fully saturated rings. The maximum absolute atomic E-state index is 12.2. The number of hydrogen-bond acceptors (Lipinski definition) is 16. The highest BCUT2D eigenvalue weighted by atomic mass is 35.5. The Kier molecular flexibility index (Phi) is 21.5. The van der Waals surface area contributed by atoms with E-state index in [1.807, 2.05) is 0 Å². The molecule has 0 unspecified atom stereocenters. The highest BCUT2D eigenvalue weighted by Gasteiger charge is 2.47. The van der Waals surface area contributed by atoms with Crippen molar-refractivity contribution in [1.29, 1.82) is 0 Å². The highest BCUT2D eigenvalue weighted by molar-refractivity contribution is 6.63. The van der Waals surface area contributed by atoms with E-state index in [-0.39, 0.29) is 29.7 Å². The number of rotatable bonds is 20. The molecule has 0 bridgehead atoms. The minimum Gasteiger partial charge on any atom is -0.423 e. The molecular formula is C38H54Cl2O16. The van der Waals surface area contributed by atoms with Crippen molar-refractivity contribution in [3.63, 3.8) is 0 Å². The zero-order valence-corrected chi connectivity index (χ0v) is 34.5. The number of ether oxygens (including phenoxy) is 6. The van der Waals surface area contributed by atoms with Crippen molar-refractivity contribution < 1.29 is 76.4 Å². The first-order chi connectivity index (χ1) is 25.9. The predicted octanol–water partition coefficient (Wildman–Crippen LogP) is 6.00. The molecule has 0 aromatic carbocycles. The molecule has 0 atom stereocenters. The van der Waals surface area contributed by atoms with Crippen molar-refractivity contribution >= 4 is 81.1 Å². The predicted molar refractivity (Wildman–Crippen MR) is 196 cm³/mol. The molecule has 316 valence electrons. The van der Waals surface area contributed by atoms with E-state index in [1.54, 1.807) is 0 Å². The molecule has 3 aliphatic heterocycles. The van der Waals surface area contributed by atoms with E-state index < -0.39 is 76.6 Å². The van der Waals surface area contributed by atoms with Crippen LogP contribution in [0.5, 0.6) is 0 Å². The Morgan fingerprint density at radius 2 is 0.661 bits per heavy atom. The fraction of sp³-hybridized carbons (Fsp3) is 0.737. The van der Waals surface area contributed by atoms with E-state index in [4.69, 9.17) is 42.1 Å². The van der Waals surface area contributed by atoms with Crippen LogP contribution in [0.2, 0.25) is 0 Å². The Bertz CT molecular complexity index is 1310. The van der Waals surface area contributed by atoms with Crippen LogP contribution in [0.1, 0.15) is 151 Å². The fourth-order valence-corrected chi connectivity index (χ4v) is 5.82. The number of carbonyl (C=O) groups excluding carboxylic acids is 10. The van der Waals surface area contributed by atoms with Crippen LogP contribution in [0.25, 0.3) is 0 Å². The van der Waals surface area contributed by atoms with Crippen molar-refractivity contribution in [2.45, 2.75) is 168 Å². The summed E-state index contributed by atoms with van der Waals surface area (Å²) >= 11 is 10.4. The lowest BCUT2D eigenvalue weighted by molar-refractivity contribution is -0.240. The second kappa shape index (κ2) is 24.0. The molecular weight excluding hydrogens is 783 g/mol. The maximum atomic E-state index is 12.2. The second-order valence-corrected chi connectivity index (χ2v) is 15.6. The van der Waals surface area contributed by atoms with Gasteiger partial charge in [0.1, 0.15) is 6.42 Å². The van der Waals surface area contributed by atoms with Gasteiger partial charge in [-0.15, -0.1) is 0 Å². The lowest BCUT2D eigenvalue weighted by Crippen LogP contribution is -2.49. The SMILES string of the molecule is CC1(C)OC(=O)C(C(=O)CCCCCCCCC(=O)C2C(=O)OC(C)(C)OC2=O)C(=O)O1.CC1(C)OC(=O)CC(=O)O1.O=C(Cl)CCCCCCCCC(=O)Cl. The van der Waals surface area contributed by atoms with Crippen molar-refractivity contribution in [3.05, 3.63) is 0 Å². The number of esters is 6. The standard InChI is InChI=1S/C22H30O10.C10H16Cl2O2.C6H8O4/c1-21(2)29-17(25)15(18(26)30-21)13(23)11-9-7-5-6-8-10-12-14(24)16-19(27)31-22(3,4)32-20(16)28;11-9(13)7-5-3-1-2-4-6-8-10(12)14;1-6(2)9-4(7)3-5(8)10-6/h15-16H,5-12H2,1-4H3;1-8H2;3H2,1-2H3. The molecule has 0 aromatic heterocycles. The summed E-state index contributed by atoms with van der Waals surface area (Å²) in [5, 5.41) is -0.504. The monoisotopic (exact) mass is 836 g/mol. The van der Waals surface area contributed by atoms with Gasteiger partial charge in [-0.2, -0.15) is 0 Å². The smallest absolute Gasteiger partial charge is 0.331 e. The van der Waals surface area contributed by atoms with Gasteiger partial charge in [-0.3, -0.25) is 47.9 Å². The average Bonchev–Trinajstić information content (AvgIpc) is 3.00. The van der Waals surface area contributed by atoms with E-state index in [2.05, 4.69) is 9.47 Å². The zero-order chi connectivity index (χ0) is 42.7. The van der Waals surface area contributed by atoms with Crippen molar-refractivity contribution in [3.8, 4) is 0 Å². The summed E-state index contributed by atoms with van der Waals surface area (Å²) in [5.41, 5.74) is 0. The van der Waals surface area contributed by atoms with Gasteiger partial charge in [0, 0.05) is 67.2 Å². The van der Waals surface area contributed by atoms with Crippen LogP contribution in [0.15, 0.2) is 0 Å². The molecule has 0 saturated carbocycles. The van der Waals surface area contributed by atoms with Gasteiger partial charge < -0.3 is 28.4 Å². The van der Waals surface area contributed by atoms with Crippen LogP contribution in [-0.4, -0.2) is 75.2 Å². The molecule has 0 aliphatic carbocycles. The normalized spacial score (nSPS) is 18.6. The number of Topliss-reactive ketones (excluding diaryl/α,β-unsaturated/α-hetero) is 2. The first kappa shape index (κ1) is 50.1. The summed E-state index contributed by atoms with van der Waals surface area (Å²) in [6.07, 6.45) is 10.8. The quantitative estimate of drug-likeness (QED) is 0.0450. The van der Waals surface area contributed by atoms with Gasteiger partial charge in [-0.05, 0) is 48.9 Å². The van der Waals surface area contributed by atoms with Crippen molar-refractivity contribution in [2.75, 3.05) is 0 Å². The molecule has 3 rings (SSSR count).